The molecule has 4 aliphatic rings. The van der Waals surface area contributed by atoms with Crippen molar-refractivity contribution in [3.05, 3.63) is 34.4 Å². The van der Waals surface area contributed by atoms with Crippen molar-refractivity contribution in [2.24, 2.45) is 23.7 Å². The lowest BCUT2D eigenvalue weighted by Crippen LogP contribution is -2.32. The summed E-state index contributed by atoms with van der Waals surface area (Å²) in [6, 6.07) is 2.53. The van der Waals surface area contributed by atoms with Gasteiger partial charge in [-0.1, -0.05) is 0 Å². The van der Waals surface area contributed by atoms with Gasteiger partial charge in [0.15, 0.2) is 34.7 Å². The Labute approximate surface area is 197 Å². The first-order chi connectivity index (χ1) is 16.4. The molecule has 0 aromatic heterocycles. The van der Waals surface area contributed by atoms with Crippen LogP contribution in [-0.2, 0) is 9.59 Å². The van der Waals surface area contributed by atoms with E-state index in [0.29, 0.717) is 0 Å². The van der Waals surface area contributed by atoms with Crippen molar-refractivity contribution >= 4 is 34.7 Å². The van der Waals surface area contributed by atoms with E-state index in [-0.39, 0.29) is 46.9 Å². The van der Waals surface area contributed by atoms with Gasteiger partial charge in [-0.2, -0.15) is 0 Å². The van der Waals surface area contributed by atoms with Crippen molar-refractivity contribution in [2.45, 2.75) is 38.5 Å². The van der Waals surface area contributed by atoms with Gasteiger partial charge in [0.1, 0.15) is 11.8 Å². The number of carbonyl (C=O) groups excluding carboxylic acids is 6. The molecule has 2 N–H and O–H groups in total. The minimum absolute atomic E-state index is 0.0139. The number of fused-ring (bicyclic) bond motifs is 2. The lowest BCUT2D eigenvalue weighted by Gasteiger charge is -2.22. The number of piperidine rings is 2. The molecule has 2 saturated heterocycles. The van der Waals surface area contributed by atoms with Gasteiger partial charge >= 0.3 is 0 Å². The largest absolute Gasteiger partial charge is 0.317 e. The number of nitrogens with one attached hydrogen (secondary N) is 2. The van der Waals surface area contributed by atoms with Crippen LogP contribution in [-0.4, -0.2) is 60.9 Å². The lowest BCUT2D eigenvalue weighted by atomic mass is 9.86. The van der Waals surface area contributed by atoms with Gasteiger partial charge in [-0.05, 0) is 75.8 Å². The molecule has 2 fully saturated rings. The highest BCUT2D eigenvalue weighted by atomic mass is 16.2. The molecule has 2 aliphatic heterocycles. The Hall–Kier alpha value is -2.84. The fourth-order valence-corrected chi connectivity index (χ4v) is 5.84. The number of ketones is 6. The first kappa shape index (κ1) is 22.9. The lowest BCUT2D eigenvalue weighted by molar-refractivity contribution is -0.122. The third-order valence-electron chi connectivity index (χ3n) is 7.81. The van der Waals surface area contributed by atoms with Crippen molar-refractivity contribution in [1.82, 2.24) is 10.6 Å². The fourth-order valence-electron chi connectivity index (χ4n) is 5.84. The Morgan fingerprint density at radius 2 is 0.882 bits per heavy atom. The number of Topliss-reactive ketones (excluding diaryl/α,β-unsaturated/α-hetero) is 6. The highest BCUT2D eigenvalue weighted by Gasteiger charge is 2.49. The zero-order valence-corrected chi connectivity index (χ0v) is 19.0. The van der Waals surface area contributed by atoms with Crippen LogP contribution in [0, 0.1) is 23.7 Å². The van der Waals surface area contributed by atoms with Crippen LogP contribution in [0.2, 0.25) is 0 Å². The van der Waals surface area contributed by atoms with E-state index >= 15 is 0 Å². The van der Waals surface area contributed by atoms with Crippen LogP contribution in [0.3, 0.4) is 0 Å². The molecular formula is C26H28N2O6. The summed E-state index contributed by atoms with van der Waals surface area (Å²) >= 11 is 0. The van der Waals surface area contributed by atoms with Crippen molar-refractivity contribution in [3.63, 3.8) is 0 Å². The zero-order chi connectivity index (χ0) is 24.0. The molecule has 0 unspecified atom stereocenters. The number of rotatable bonds is 6. The summed E-state index contributed by atoms with van der Waals surface area (Å²) in [7, 11) is 0. The normalized spacial score (nSPS) is 22.4. The molecule has 8 heteroatoms. The predicted molar refractivity (Wildman–Crippen MR) is 121 cm³/mol. The van der Waals surface area contributed by atoms with Crippen molar-refractivity contribution in [3.8, 4) is 0 Å². The van der Waals surface area contributed by atoms with E-state index in [1.807, 2.05) is 0 Å². The SMILES string of the molecule is O=C(CC1CCNCC1)C1C(=O)c2cc3c(cc2C1=O)C(=O)C(C(=O)CC1CCNCC1)C3=O. The Kier molecular flexibility index (Phi) is 6.12. The molecule has 1 aromatic rings. The minimum atomic E-state index is -1.39. The fraction of sp³-hybridized carbons (Fsp3) is 0.538. The monoisotopic (exact) mass is 464 g/mol. The summed E-state index contributed by atoms with van der Waals surface area (Å²) in [6.45, 7) is 3.22. The molecule has 2 heterocycles. The Bertz CT molecular complexity index is 972. The highest BCUT2D eigenvalue weighted by molar-refractivity contribution is 6.39. The van der Waals surface area contributed by atoms with E-state index in [1.165, 1.54) is 12.1 Å². The summed E-state index contributed by atoms with van der Waals surface area (Å²) in [5, 5.41) is 6.44. The maximum Gasteiger partial charge on any atom is 0.181 e. The quantitative estimate of drug-likeness (QED) is 0.608. The van der Waals surface area contributed by atoms with E-state index in [4.69, 9.17) is 0 Å². The van der Waals surface area contributed by atoms with E-state index in [1.54, 1.807) is 0 Å². The molecule has 5 rings (SSSR count). The van der Waals surface area contributed by atoms with Crippen molar-refractivity contribution in [2.75, 3.05) is 26.2 Å². The average molecular weight is 465 g/mol. The number of benzene rings is 1. The Morgan fingerprint density at radius 1 is 0.588 bits per heavy atom. The summed E-state index contributed by atoms with van der Waals surface area (Å²) in [6.07, 6.45) is 3.61. The zero-order valence-electron chi connectivity index (χ0n) is 19.0. The maximum atomic E-state index is 13.0. The van der Waals surface area contributed by atoms with Gasteiger partial charge in [0, 0.05) is 35.1 Å². The van der Waals surface area contributed by atoms with Crippen LogP contribution in [0.15, 0.2) is 12.1 Å². The van der Waals surface area contributed by atoms with Gasteiger partial charge in [0.05, 0.1) is 0 Å². The van der Waals surface area contributed by atoms with Gasteiger partial charge in [-0.15, -0.1) is 0 Å². The summed E-state index contributed by atoms with van der Waals surface area (Å²) in [5.74, 6) is -5.73. The van der Waals surface area contributed by atoms with Crippen molar-refractivity contribution in [1.29, 1.82) is 0 Å². The van der Waals surface area contributed by atoms with Gasteiger partial charge in [0.2, 0.25) is 0 Å². The Balaban J connectivity index is 1.35. The van der Waals surface area contributed by atoms with Crippen LogP contribution in [0.5, 0.6) is 0 Å². The topological polar surface area (TPSA) is 126 Å². The second kappa shape index (κ2) is 9.07. The standard InChI is InChI=1S/C26H28N2O6/c29-19(9-13-1-5-27-6-2-13)21-23(31)15-11-17-18(12-16(15)24(21)32)26(34)22(25(17)33)20(30)10-14-3-7-28-8-4-14/h11-14,21-22,27-28H,1-10H2. The van der Waals surface area contributed by atoms with E-state index in [9.17, 15) is 28.8 Å². The highest BCUT2D eigenvalue weighted by Crippen LogP contribution is 2.37. The molecule has 178 valence electrons. The Morgan fingerprint density at radius 3 is 1.18 bits per heavy atom. The second-order valence-corrected chi connectivity index (χ2v) is 9.99. The van der Waals surface area contributed by atoms with E-state index < -0.39 is 46.5 Å². The molecule has 34 heavy (non-hydrogen) atoms. The summed E-state index contributed by atoms with van der Waals surface area (Å²) in [5.41, 5.74) is 0.0556. The first-order valence-electron chi connectivity index (χ1n) is 12.2. The molecule has 8 nitrogen and oxygen atoms in total. The molecule has 0 bridgehead atoms. The van der Waals surface area contributed by atoms with Crippen LogP contribution < -0.4 is 10.6 Å². The molecule has 0 atom stereocenters. The molecule has 0 saturated carbocycles. The van der Waals surface area contributed by atoms with Crippen LogP contribution >= 0.6 is 0 Å². The van der Waals surface area contributed by atoms with E-state index in [2.05, 4.69) is 10.6 Å². The predicted octanol–water partition coefficient (Wildman–Crippen LogP) is 1.59. The third-order valence-corrected chi connectivity index (χ3v) is 7.81. The second-order valence-electron chi connectivity index (χ2n) is 9.99. The van der Waals surface area contributed by atoms with Gasteiger partial charge in [-0.25, -0.2) is 0 Å². The minimum Gasteiger partial charge on any atom is -0.317 e. The number of hydrogen-bond donors (Lipinski definition) is 2. The molecule has 2 aliphatic carbocycles. The summed E-state index contributed by atoms with van der Waals surface area (Å²) < 4.78 is 0. The molecule has 0 radical (unpaired) electrons. The van der Waals surface area contributed by atoms with Gasteiger partial charge in [-0.3, -0.25) is 28.8 Å². The molecular weight excluding hydrogens is 436 g/mol. The number of hydrogen-bond acceptors (Lipinski definition) is 8. The van der Waals surface area contributed by atoms with Crippen LogP contribution in [0.4, 0.5) is 0 Å². The average Bonchev–Trinajstić information content (AvgIpc) is 3.23. The molecule has 1 aromatic carbocycles. The van der Waals surface area contributed by atoms with Crippen molar-refractivity contribution < 1.29 is 28.8 Å². The molecule has 0 spiro atoms. The molecule has 0 amide bonds. The first-order valence-corrected chi connectivity index (χ1v) is 12.2. The number of carbonyl (C=O) groups is 6. The summed E-state index contributed by atoms with van der Waals surface area (Å²) in [4.78, 5) is 77.9. The third kappa shape index (κ3) is 3.88. The van der Waals surface area contributed by atoms with Gasteiger partial charge < -0.3 is 10.6 Å². The van der Waals surface area contributed by atoms with E-state index in [0.717, 1.165) is 51.9 Å². The van der Waals surface area contributed by atoms with Gasteiger partial charge in [0.25, 0.3) is 0 Å². The smallest absolute Gasteiger partial charge is 0.181 e. The van der Waals surface area contributed by atoms with Crippen LogP contribution in [0.1, 0.15) is 80.0 Å². The maximum absolute atomic E-state index is 13.0. The van der Waals surface area contributed by atoms with Crippen LogP contribution in [0.25, 0.3) is 0 Å².